The van der Waals surface area contributed by atoms with Crippen LogP contribution in [-0.2, 0) is 30.7 Å². The fourth-order valence-corrected chi connectivity index (χ4v) is 3.30. The maximum absolute atomic E-state index is 12.5. The molecule has 0 fully saturated rings. The molecule has 2 aromatic rings. The van der Waals surface area contributed by atoms with E-state index in [9.17, 15) is 19.7 Å². The Bertz CT molecular complexity index is 904. The molecule has 0 aliphatic carbocycles. The van der Waals surface area contributed by atoms with E-state index in [-0.39, 0.29) is 30.8 Å². The minimum atomic E-state index is -1.38. The van der Waals surface area contributed by atoms with Gasteiger partial charge in [0.25, 0.3) is 0 Å². The number of carboxylic acid groups (broad SMARTS) is 1. The lowest BCUT2D eigenvalue weighted by Crippen LogP contribution is -2.53. The number of amides is 1. The van der Waals surface area contributed by atoms with Crippen LogP contribution in [0.5, 0.6) is 5.75 Å². The Balaban J connectivity index is 1.70. The second kappa shape index (κ2) is 9.03. The maximum Gasteiger partial charge on any atom is 0.547 e. The number of hydrogen-bond donors (Lipinski definition) is 5. The van der Waals surface area contributed by atoms with Gasteiger partial charge in [0.2, 0.25) is 5.91 Å². The molecule has 29 heavy (non-hydrogen) atoms. The summed E-state index contributed by atoms with van der Waals surface area (Å²) in [6.07, 6.45) is 1.54. The van der Waals surface area contributed by atoms with E-state index in [1.54, 1.807) is 12.1 Å². The summed E-state index contributed by atoms with van der Waals surface area (Å²) in [6, 6.07) is 4.69. The number of carbonyl (C=O) groups is 2. The molecular weight excluding hydrogens is 379 g/mol. The largest absolute Gasteiger partial charge is 0.547 e. The number of nitrogens with one attached hydrogen (secondary N) is 1. The fraction of sp³-hybridized carbons (Fsp3) is 0.412. The van der Waals surface area contributed by atoms with E-state index in [0.717, 1.165) is 5.69 Å². The molecule has 2 heterocycles. The lowest BCUT2D eigenvalue weighted by molar-refractivity contribution is -0.122. The van der Waals surface area contributed by atoms with Crippen LogP contribution < -0.4 is 21.4 Å². The molecule has 0 saturated carbocycles. The molecule has 0 saturated heterocycles. The molecule has 0 spiro atoms. The average Bonchev–Trinajstić information content (AvgIpc) is 3.07. The standard InChI is InChI=1S/C17H23BN6O5/c19-6-2-5-13-12(8-20)22-23-24(13)9-15(25)21-14-7-10-3-1-4-11(17(26)27)16(10)29-18(14)28/h1,3-4,14,28H,2,5-9,19-20H2,(H,21,25)(H,26,27)/t14-/m0/s1. The molecule has 1 aliphatic rings. The van der Waals surface area contributed by atoms with Crippen LogP contribution in [-0.4, -0.2) is 56.6 Å². The molecule has 7 N–H and O–H groups in total. The van der Waals surface area contributed by atoms with Crippen molar-refractivity contribution >= 4 is 19.0 Å². The number of nitrogens with two attached hydrogens (primary N) is 2. The van der Waals surface area contributed by atoms with Gasteiger partial charge in [0.05, 0.1) is 22.9 Å². The first-order valence-corrected chi connectivity index (χ1v) is 9.25. The zero-order valence-electron chi connectivity index (χ0n) is 15.7. The van der Waals surface area contributed by atoms with Gasteiger partial charge in [-0.05, 0) is 37.4 Å². The van der Waals surface area contributed by atoms with Crippen molar-refractivity contribution in [2.75, 3.05) is 6.54 Å². The quantitative estimate of drug-likeness (QED) is 0.327. The van der Waals surface area contributed by atoms with Gasteiger partial charge in [-0.15, -0.1) is 5.10 Å². The summed E-state index contributed by atoms with van der Waals surface area (Å²) in [7, 11) is -1.38. The first-order chi connectivity index (χ1) is 13.9. The molecule has 1 atom stereocenters. The first kappa shape index (κ1) is 20.8. The van der Waals surface area contributed by atoms with Gasteiger partial charge >= 0.3 is 13.1 Å². The summed E-state index contributed by atoms with van der Waals surface area (Å²) in [4.78, 5) is 23.8. The molecule has 1 amide bonds. The van der Waals surface area contributed by atoms with Crippen LogP contribution >= 0.6 is 0 Å². The van der Waals surface area contributed by atoms with E-state index >= 15 is 0 Å². The monoisotopic (exact) mass is 402 g/mol. The number of fused-ring (bicyclic) bond motifs is 1. The zero-order valence-corrected chi connectivity index (χ0v) is 15.7. The molecule has 1 aromatic carbocycles. The fourth-order valence-electron chi connectivity index (χ4n) is 3.30. The molecule has 0 unspecified atom stereocenters. The number of benzene rings is 1. The summed E-state index contributed by atoms with van der Waals surface area (Å²) in [5.41, 5.74) is 13.2. The highest BCUT2D eigenvalue weighted by atomic mass is 16.5. The normalized spacial score (nSPS) is 15.6. The van der Waals surface area contributed by atoms with Crippen LogP contribution in [0.3, 0.4) is 0 Å². The van der Waals surface area contributed by atoms with Crippen LogP contribution in [0.2, 0.25) is 0 Å². The van der Waals surface area contributed by atoms with Gasteiger partial charge in [0.15, 0.2) is 0 Å². The van der Waals surface area contributed by atoms with Crippen molar-refractivity contribution < 1.29 is 24.4 Å². The Morgan fingerprint density at radius 1 is 1.38 bits per heavy atom. The number of aromatic nitrogens is 3. The van der Waals surface area contributed by atoms with Gasteiger partial charge in [-0.1, -0.05) is 17.3 Å². The molecule has 3 rings (SSSR count). The van der Waals surface area contributed by atoms with E-state index in [1.165, 1.54) is 10.7 Å². The van der Waals surface area contributed by atoms with E-state index in [4.69, 9.17) is 16.1 Å². The number of rotatable bonds is 8. The van der Waals surface area contributed by atoms with Crippen molar-refractivity contribution in [2.24, 2.45) is 11.5 Å². The number of hydrogen-bond acceptors (Lipinski definition) is 8. The molecule has 0 radical (unpaired) electrons. The van der Waals surface area contributed by atoms with E-state index < -0.39 is 24.9 Å². The third-order valence-corrected chi connectivity index (χ3v) is 4.72. The summed E-state index contributed by atoms with van der Waals surface area (Å²) < 4.78 is 6.85. The minimum absolute atomic E-state index is 0.0344. The Morgan fingerprint density at radius 2 is 2.17 bits per heavy atom. The highest BCUT2D eigenvalue weighted by Crippen LogP contribution is 2.30. The smallest absolute Gasteiger partial charge is 0.534 e. The second-order valence-electron chi connectivity index (χ2n) is 6.72. The van der Waals surface area contributed by atoms with E-state index in [1.807, 2.05) is 0 Å². The highest BCUT2D eigenvalue weighted by molar-refractivity contribution is 6.47. The number of para-hydroxylation sites is 1. The van der Waals surface area contributed by atoms with Crippen LogP contribution in [0.1, 0.15) is 33.7 Å². The summed E-state index contributed by atoms with van der Waals surface area (Å²) >= 11 is 0. The van der Waals surface area contributed by atoms with Gasteiger partial charge in [0, 0.05) is 6.54 Å². The number of carbonyl (C=O) groups excluding carboxylic acids is 1. The third-order valence-electron chi connectivity index (χ3n) is 4.72. The lowest BCUT2D eigenvalue weighted by atomic mass is 9.72. The van der Waals surface area contributed by atoms with Crippen molar-refractivity contribution in [1.82, 2.24) is 20.3 Å². The first-order valence-electron chi connectivity index (χ1n) is 9.25. The molecule has 11 nitrogen and oxygen atoms in total. The molecule has 1 aliphatic heterocycles. The Kier molecular flexibility index (Phi) is 6.47. The predicted molar refractivity (Wildman–Crippen MR) is 103 cm³/mol. The number of aromatic carboxylic acids is 1. The topological polar surface area (TPSA) is 179 Å². The highest BCUT2D eigenvalue weighted by Gasteiger charge is 2.37. The summed E-state index contributed by atoms with van der Waals surface area (Å²) in [5, 5.41) is 30.2. The van der Waals surface area contributed by atoms with E-state index in [0.29, 0.717) is 30.6 Å². The molecule has 1 aromatic heterocycles. The van der Waals surface area contributed by atoms with Crippen molar-refractivity contribution in [3.05, 3.63) is 40.7 Å². The van der Waals surface area contributed by atoms with E-state index in [2.05, 4.69) is 15.6 Å². The molecule has 0 bridgehead atoms. The SMILES string of the molecule is NCCCc1c(CN)nnn1CC(=O)N[C@H]1Cc2cccc(C(=O)O)c2OB1O. The Labute approximate surface area is 167 Å². The van der Waals surface area contributed by atoms with Crippen molar-refractivity contribution in [2.45, 2.75) is 38.3 Å². The zero-order chi connectivity index (χ0) is 21.0. The summed E-state index contributed by atoms with van der Waals surface area (Å²) in [6.45, 7) is 0.599. The predicted octanol–water partition coefficient (Wildman–Crippen LogP) is -1.53. The molecule has 12 heteroatoms. The van der Waals surface area contributed by atoms with Gasteiger partial charge in [0.1, 0.15) is 12.3 Å². The number of nitrogens with zero attached hydrogens (tertiary/aromatic N) is 3. The number of carboxylic acids is 1. The summed E-state index contributed by atoms with van der Waals surface area (Å²) in [5.74, 6) is -2.16. The third kappa shape index (κ3) is 4.55. The van der Waals surface area contributed by atoms with Gasteiger partial charge in [-0.2, -0.15) is 0 Å². The van der Waals surface area contributed by atoms with Crippen LogP contribution in [0.15, 0.2) is 18.2 Å². The minimum Gasteiger partial charge on any atom is -0.534 e. The van der Waals surface area contributed by atoms with Crippen LogP contribution in [0.25, 0.3) is 0 Å². The molecule has 154 valence electrons. The van der Waals surface area contributed by atoms with Crippen molar-refractivity contribution in [1.29, 1.82) is 0 Å². The van der Waals surface area contributed by atoms with Crippen LogP contribution in [0, 0.1) is 0 Å². The van der Waals surface area contributed by atoms with Crippen LogP contribution in [0.4, 0.5) is 0 Å². The lowest BCUT2D eigenvalue weighted by Gasteiger charge is -2.28. The van der Waals surface area contributed by atoms with Gasteiger partial charge in [-0.25, -0.2) is 9.48 Å². The Morgan fingerprint density at radius 3 is 2.86 bits per heavy atom. The van der Waals surface area contributed by atoms with Crippen molar-refractivity contribution in [3.8, 4) is 5.75 Å². The average molecular weight is 402 g/mol. The van der Waals surface area contributed by atoms with Gasteiger partial charge < -0.3 is 31.6 Å². The maximum atomic E-state index is 12.5. The van der Waals surface area contributed by atoms with Crippen molar-refractivity contribution in [3.63, 3.8) is 0 Å². The second-order valence-corrected chi connectivity index (χ2v) is 6.72. The molecular formula is C17H23BN6O5. The van der Waals surface area contributed by atoms with Gasteiger partial charge in [-0.3, -0.25) is 4.79 Å². The Hall–Kier alpha value is -2.96.